The van der Waals surface area contributed by atoms with Gasteiger partial charge >= 0.3 is 0 Å². The molecule has 0 heterocycles. The molecule has 0 atom stereocenters. The SMILES string of the molecule is C=CCNS(=O)(=O)c1ccc(CCCC)cc1. The van der Waals surface area contributed by atoms with Crippen LogP contribution in [0.5, 0.6) is 0 Å². The van der Waals surface area contributed by atoms with E-state index in [4.69, 9.17) is 0 Å². The highest BCUT2D eigenvalue weighted by Crippen LogP contribution is 2.12. The molecule has 3 nitrogen and oxygen atoms in total. The molecule has 0 radical (unpaired) electrons. The molecule has 0 aliphatic heterocycles. The fraction of sp³-hybridized carbons (Fsp3) is 0.385. The van der Waals surface area contributed by atoms with Gasteiger partial charge in [0.25, 0.3) is 0 Å². The Hall–Kier alpha value is -1.13. The van der Waals surface area contributed by atoms with E-state index in [1.54, 1.807) is 12.1 Å². The fourth-order valence-electron chi connectivity index (χ4n) is 1.47. The van der Waals surface area contributed by atoms with Crippen LogP contribution in [0.25, 0.3) is 0 Å². The van der Waals surface area contributed by atoms with Crippen molar-refractivity contribution in [3.8, 4) is 0 Å². The van der Waals surface area contributed by atoms with E-state index >= 15 is 0 Å². The van der Waals surface area contributed by atoms with Gasteiger partial charge in [-0.3, -0.25) is 0 Å². The number of aryl methyl sites for hydroxylation is 1. The predicted octanol–water partition coefficient (Wildman–Crippen LogP) is 2.49. The van der Waals surface area contributed by atoms with E-state index in [1.807, 2.05) is 12.1 Å². The maximum absolute atomic E-state index is 11.8. The molecule has 0 saturated carbocycles. The van der Waals surface area contributed by atoms with Gasteiger partial charge in [-0.25, -0.2) is 13.1 Å². The lowest BCUT2D eigenvalue weighted by atomic mass is 10.1. The van der Waals surface area contributed by atoms with Crippen molar-refractivity contribution in [1.29, 1.82) is 0 Å². The minimum absolute atomic E-state index is 0.250. The van der Waals surface area contributed by atoms with E-state index in [2.05, 4.69) is 18.2 Å². The van der Waals surface area contributed by atoms with Crippen molar-refractivity contribution in [2.24, 2.45) is 0 Å². The molecular weight excluding hydrogens is 234 g/mol. The third-order valence-corrected chi connectivity index (χ3v) is 3.91. The number of benzene rings is 1. The summed E-state index contributed by atoms with van der Waals surface area (Å²) in [6.45, 7) is 5.87. The smallest absolute Gasteiger partial charge is 0.207 e. The van der Waals surface area contributed by atoms with Crippen molar-refractivity contribution >= 4 is 10.0 Å². The molecule has 0 amide bonds. The number of nitrogens with one attached hydrogen (secondary N) is 1. The van der Waals surface area contributed by atoms with Crippen molar-refractivity contribution in [3.05, 3.63) is 42.5 Å². The molecule has 1 aromatic carbocycles. The number of rotatable bonds is 7. The van der Waals surface area contributed by atoms with Gasteiger partial charge in [-0.2, -0.15) is 0 Å². The monoisotopic (exact) mass is 253 g/mol. The predicted molar refractivity (Wildman–Crippen MR) is 70.4 cm³/mol. The van der Waals surface area contributed by atoms with Crippen LogP contribution in [-0.4, -0.2) is 15.0 Å². The molecule has 1 N–H and O–H groups in total. The Labute approximate surface area is 104 Å². The van der Waals surface area contributed by atoms with Crippen molar-refractivity contribution in [2.45, 2.75) is 31.1 Å². The summed E-state index contributed by atoms with van der Waals surface area (Å²) in [6, 6.07) is 7.04. The van der Waals surface area contributed by atoms with Crippen molar-refractivity contribution in [3.63, 3.8) is 0 Å². The van der Waals surface area contributed by atoms with Crippen LogP contribution in [0.2, 0.25) is 0 Å². The normalized spacial score (nSPS) is 11.4. The molecule has 0 aliphatic rings. The van der Waals surface area contributed by atoms with Crippen LogP contribution in [0.15, 0.2) is 41.8 Å². The summed E-state index contributed by atoms with van der Waals surface area (Å²) in [5.41, 5.74) is 1.18. The average molecular weight is 253 g/mol. The fourth-order valence-corrected chi connectivity index (χ4v) is 2.47. The Bertz CT molecular complexity index is 449. The van der Waals surface area contributed by atoms with E-state index in [9.17, 15) is 8.42 Å². The zero-order valence-electron chi connectivity index (χ0n) is 10.1. The van der Waals surface area contributed by atoms with E-state index in [0.29, 0.717) is 4.90 Å². The summed E-state index contributed by atoms with van der Waals surface area (Å²) in [5.74, 6) is 0. The lowest BCUT2D eigenvalue weighted by molar-refractivity contribution is 0.585. The summed E-state index contributed by atoms with van der Waals surface area (Å²) < 4.78 is 26.0. The topological polar surface area (TPSA) is 46.2 Å². The highest BCUT2D eigenvalue weighted by molar-refractivity contribution is 7.89. The average Bonchev–Trinajstić information content (AvgIpc) is 2.34. The van der Waals surface area contributed by atoms with Gasteiger partial charge in [0.15, 0.2) is 0 Å². The van der Waals surface area contributed by atoms with Crippen molar-refractivity contribution in [2.75, 3.05) is 6.54 Å². The van der Waals surface area contributed by atoms with Crippen molar-refractivity contribution < 1.29 is 8.42 Å². The Morgan fingerprint density at radius 1 is 1.29 bits per heavy atom. The van der Waals surface area contributed by atoms with Gasteiger partial charge in [0, 0.05) is 6.54 Å². The molecule has 1 aromatic rings. The highest BCUT2D eigenvalue weighted by atomic mass is 32.2. The van der Waals surface area contributed by atoms with Crippen LogP contribution in [0.1, 0.15) is 25.3 Å². The van der Waals surface area contributed by atoms with Crippen LogP contribution in [0.4, 0.5) is 0 Å². The van der Waals surface area contributed by atoms with E-state index in [1.165, 1.54) is 11.6 Å². The molecule has 0 aliphatic carbocycles. The highest BCUT2D eigenvalue weighted by Gasteiger charge is 2.11. The second kappa shape index (κ2) is 6.57. The first-order valence-electron chi connectivity index (χ1n) is 5.79. The zero-order valence-corrected chi connectivity index (χ0v) is 11.0. The zero-order chi connectivity index (χ0) is 12.7. The van der Waals surface area contributed by atoms with E-state index in [0.717, 1.165) is 19.3 Å². The van der Waals surface area contributed by atoms with Gasteiger partial charge in [0.2, 0.25) is 10.0 Å². The summed E-state index contributed by atoms with van der Waals surface area (Å²) in [5, 5.41) is 0. The van der Waals surface area contributed by atoms with Crippen LogP contribution in [-0.2, 0) is 16.4 Å². The molecule has 17 heavy (non-hydrogen) atoms. The van der Waals surface area contributed by atoms with E-state index < -0.39 is 10.0 Å². The largest absolute Gasteiger partial charge is 0.240 e. The molecule has 0 fully saturated rings. The number of unbranched alkanes of at least 4 members (excludes halogenated alkanes) is 1. The summed E-state index contributed by atoms with van der Waals surface area (Å²) in [6.07, 6.45) is 4.78. The quantitative estimate of drug-likeness (QED) is 0.759. The van der Waals surface area contributed by atoms with Gasteiger partial charge in [0.05, 0.1) is 4.90 Å². The van der Waals surface area contributed by atoms with Crippen LogP contribution < -0.4 is 4.72 Å². The van der Waals surface area contributed by atoms with Crippen LogP contribution in [0, 0.1) is 0 Å². The Morgan fingerprint density at radius 2 is 1.94 bits per heavy atom. The molecular formula is C13H19NO2S. The molecule has 0 spiro atoms. The Kier molecular flexibility index (Phi) is 5.38. The molecule has 0 aromatic heterocycles. The standard InChI is InChI=1S/C13H19NO2S/c1-3-5-6-12-7-9-13(10-8-12)17(15,16)14-11-4-2/h4,7-10,14H,2-3,5-6,11H2,1H3. The van der Waals surface area contributed by atoms with Gasteiger partial charge in [-0.15, -0.1) is 6.58 Å². The van der Waals surface area contributed by atoms with E-state index in [-0.39, 0.29) is 6.54 Å². The summed E-state index contributed by atoms with van der Waals surface area (Å²) in [4.78, 5) is 0.305. The van der Waals surface area contributed by atoms with Gasteiger partial charge in [0.1, 0.15) is 0 Å². The van der Waals surface area contributed by atoms with Gasteiger partial charge in [-0.1, -0.05) is 31.6 Å². The Morgan fingerprint density at radius 3 is 2.47 bits per heavy atom. The van der Waals surface area contributed by atoms with Crippen LogP contribution in [0.3, 0.4) is 0 Å². The maximum Gasteiger partial charge on any atom is 0.240 e. The first-order valence-corrected chi connectivity index (χ1v) is 7.28. The van der Waals surface area contributed by atoms with Gasteiger partial charge < -0.3 is 0 Å². The molecule has 0 saturated heterocycles. The summed E-state index contributed by atoms with van der Waals surface area (Å²) >= 11 is 0. The second-order valence-electron chi connectivity index (χ2n) is 3.89. The Balaban J connectivity index is 2.76. The minimum Gasteiger partial charge on any atom is -0.207 e. The number of hydrogen-bond donors (Lipinski definition) is 1. The number of sulfonamides is 1. The number of hydrogen-bond acceptors (Lipinski definition) is 2. The maximum atomic E-state index is 11.8. The molecule has 4 heteroatoms. The third kappa shape index (κ3) is 4.32. The van der Waals surface area contributed by atoms with Crippen LogP contribution >= 0.6 is 0 Å². The molecule has 94 valence electrons. The first kappa shape index (κ1) is 13.9. The third-order valence-electron chi connectivity index (χ3n) is 2.47. The molecule has 0 unspecified atom stereocenters. The van der Waals surface area contributed by atoms with Crippen molar-refractivity contribution in [1.82, 2.24) is 4.72 Å². The summed E-state index contributed by atoms with van der Waals surface area (Å²) in [7, 11) is -3.38. The lowest BCUT2D eigenvalue weighted by Crippen LogP contribution is -2.23. The molecule has 0 bridgehead atoms. The minimum atomic E-state index is -3.38. The van der Waals surface area contributed by atoms with Gasteiger partial charge in [-0.05, 0) is 30.5 Å². The second-order valence-corrected chi connectivity index (χ2v) is 5.66. The lowest BCUT2D eigenvalue weighted by Gasteiger charge is -2.05. The molecule has 1 rings (SSSR count). The first-order chi connectivity index (χ1) is 8.10.